The van der Waals surface area contributed by atoms with Crippen LogP contribution in [0.3, 0.4) is 0 Å². The van der Waals surface area contributed by atoms with Gasteiger partial charge in [-0.15, -0.1) is 0 Å². The van der Waals surface area contributed by atoms with Gasteiger partial charge in [0.15, 0.2) is 12.1 Å². The van der Waals surface area contributed by atoms with E-state index in [1.54, 1.807) is 24.1 Å². The van der Waals surface area contributed by atoms with Crippen molar-refractivity contribution in [2.24, 2.45) is 12.8 Å². The lowest BCUT2D eigenvalue weighted by Crippen LogP contribution is -2.70. The van der Waals surface area contributed by atoms with E-state index in [1.165, 1.54) is 6.92 Å². The van der Waals surface area contributed by atoms with Crippen molar-refractivity contribution in [1.29, 1.82) is 0 Å². The van der Waals surface area contributed by atoms with E-state index in [0.717, 1.165) is 0 Å². The zero-order chi connectivity index (χ0) is 23.5. The first-order valence-corrected chi connectivity index (χ1v) is 10.5. The molecule has 1 unspecified atom stereocenters. The Balaban J connectivity index is 1.71. The fourth-order valence-electron chi connectivity index (χ4n) is 4.32. The summed E-state index contributed by atoms with van der Waals surface area (Å²) in [6, 6.07) is -2.53. The number of rotatable bonds is 8. The summed E-state index contributed by atoms with van der Waals surface area (Å²) >= 11 is 0. The minimum Gasteiger partial charge on any atom is -0.460 e. The topological polar surface area (TPSA) is 162 Å². The van der Waals surface area contributed by atoms with Crippen LogP contribution in [0, 0.1) is 0 Å². The predicted molar refractivity (Wildman–Crippen MR) is 109 cm³/mol. The number of nitrogens with zero attached hydrogens (tertiary/aromatic N) is 3. The summed E-state index contributed by atoms with van der Waals surface area (Å²) in [6.07, 6.45) is 4.47. The van der Waals surface area contributed by atoms with Gasteiger partial charge in [0, 0.05) is 39.4 Å². The number of aryl methyl sites for hydroxylation is 1. The van der Waals surface area contributed by atoms with E-state index in [1.807, 2.05) is 0 Å². The number of hydrogen-bond acceptors (Lipinski definition) is 8. The minimum absolute atomic E-state index is 0.0502. The zero-order valence-electron chi connectivity index (χ0n) is 18.2. The molecule has 2 fully saturated rings. The maximum absolute atomic E-state index is 13.3. The number of aromatic nitrogens is 2. The molecule has 0 saturated carbocycles. The molecular formula is C20H29N6O6+. The molecule has 3 heterocycles. The Morgan fingerprint density at radius 1 is 1.41 bits per heavy atom. The molecule has 1 aromatic heterocycles. The van der Waals surface area contributed by atoms with E-state index < -0.39 is 35.9 Å². The Kier molecular flexibility index (Phi) is 7.04. The van der Waals surface area contributed by atoms with Gasteiger partial charge in [-0.25, -0.2) is 14.3 Å². The smallest absolute Gasteiger partial charge is 0.337 e. The molecule has 0 radical (unpaired) electrons. The first-order valence-electron chi connectivity index (χ1n) is 10.5. The lowest BCUT2D eigenvalue weighted by Gasteiger charge is -2.40. The fourth-order valence-corrected chi connectivity index (χ4v) is 4.32. The molecule has 12 nitrogen and oxygen atoms in total. The van der Waals surface area contributed by atoms with Crippen molar-refractivity contribution in [3.8, 4) is 0 Å². The zero-order valence-corrected chi connectivity index (χ0v) is 18.2. The largest absolute Gasteiger partial charge is 0.460 e. The Morgan fingerprint density at radius 3 is 2.72 bits per heavy atom. The molecule has 12 heteroatoms. The molecule has 4 amide bonds. The Labute approximate surface area is 185 Å². The van der Waals surface area contributed by atoms with Gasteiger partial charge in [0.1, 0.15) is 13.2 Å². The third kappa shape index (κ3) is 5.02. The van der Waals surface area contributed by atoms with Crippen LogP contribution in [-0.2, 0) is 42.2 Å². The van der Waals surface area contributed by atoms with Gasteiger partial charge in [-0.1, -0.05) is 0 Å². The third-order valence-electron chi connectivity index (χ3n) is 5.96. The number of imidazole rings is 1. The molecule has 2 aliphatic heterocycles. The Morgan fingerprint density at radius 2 is 2.12 bits per heavy atom. The van der Waals surface area contributed by atoms with Crippen LogP contribution in [0.4, 0.5) is 0 Å². The first kappa shape index (κ1) is 23.5. The van der Waals surface area contributed by atoms with Crippen LogP contribution in [0.2, 0.25) is 0 Å². The van der Waals surface area contributed by atoms with Crippen LogP contribution in [0.1, 0.15) is 31.9 Å². The second kappa shape index (κ2) is 9.57. The van der Waals surface area contributed by atoms with E-state index >= 15 is 0 Å². The number of ether oxygens (including phenoxy) is 1. The molecule has 0 aliphatic carbocycles. The number of β-lactam (4-membered cyclic amide) rings is 1. The second-order valence-electron chi connectivity index (χ2n) is 8.34. The number of amides is 4. The molecule has 0 spiro atoms. The number of esters is 1. The molecule has 3 rings (SSSR count). The van der Waals surface area contributed by atoms with Crippen LogP contribution < -0.4 is 16.4 Å². The molecule has 1 aromatic rings. The van der Waals surface area contributed by atoms with Gasteiger partial charge in [0.05, 0.1) is 31.0 Å². The summed E-state index contributed by atoms with van der Waals surface area (Å²) in [5.41, 5.74) is 6.57. The number of quaternary nitrogens is 1. The van der Waals surface area contributed by atoms with E-state index in [2.05, 4.69) is 15.6 Å². The van der Waals surface area contributed by atoms with Crippen molar-refractivity contribution in [3.05, 3.63) is 18.2 Å². The average molecular weight is 449 g/mol. The van der Waals surface area contributed by atoms with Gasteiger partial charge in [-0.2, -0.15) is 0 Å². The van der Waals surface area contributed by atoms with Crippen LogP contribution in [0.25, 0.3) is 0 Å². The normalized spacial score (nSPS) is 25.4. The van der Waals surface area contributed by atoms with Crippen LogP contribution in [-0.4, -0.2) is 81.5 Å². The molecule has 2 saturated heterocycles. The highest BCUT2D eigenvalue weighted by Gasteiger charge is 2.56. The van der Waals surface area contributed by atoms with E-state index in [-0.39, 0.29) is 42.3 Å². The molecule has 174 valence electrons. The number of nitrogens with one attached hydrogen (secondary N) is 2. The Bertz CT molecular complexity index is 921. The van der Waals surface area contributed by atoms with Crippen molar-refractivity contribution >= 4 is 29.6 Å². The highest BCUT2D eigenvalue weighted by molar-refractivity contribution is 6.01. The average Bonchev–Trinajstić information content (AvgIpc) is 3.31. The van der Waals surface area contributed by atoms with Crippen molar-refractivity contribution in [3.63, 3.8) is 0 Å². The van der Waals surface area contributed by atoms with Gasteiger partial charge >= 0.3 is 11.9 Å². The molecule has 4 N–H and O–H groups in total. The summed E-state index contributed by atoms with van der Waals surface area (Å²) in [4.78, 5) is 65.5. The highest BCUT2D eigenvalue weighted by Crippen LogP contribution is 2.30. The SMILES string of the molecule is CC(=O)OCC[N+]1(C(=O)[C@@H]2CC(=O)N2)CCC[C@H]1C(=O)NC(=O)[C@@H](N)Cc1cn(C)cn1. The van der Waals surface area contributed by atoms with Crippen molar-refractivity contribution < 1.29 is 33.2 Å². The Hall–Kier alpha value is -3.12. The number of nitrogens with two attached hydrogens (primary N) is 1. The third-order valence-corrected chi connectivity index (χ3v) is 5.96. The number of carbonyl (C=O) groups excluding carboxylic acids is 5. The maximum atomic E-state index is 13.3. The molecule has 32 heavy (non-hydrogen) atoms. The van der Waals surface area contributed by atoms with Crippen LogP contribution in [0.15, 0.2) is 12.5 Å². The summed E-state index contributed by atoms with van der Waals surface area (Å²) in [5.74, 6) is -2.32. The quantitative estimate of drug-likeness (QED) is 0.231. The first-order chi connectivity index (χ1) is 15.1. The van der Waals surface area contributed by atoms with E-state index in [0.29, 0.717) is 25.1 Å². The van der Waals surface area contributed by atoms with Gasteiger partial charge in [0.2, 0.25) is 11.8 Å². The van der Waals surface area contributed by atoms with Gasteiger partial charge in [-0.3, -0.25) is 24.5 Å². The second-order valence-corrected chi connectivity index (χ2v) is 8.34. The highest BCUT2D eigenvalue weighted by atomic mass is 16.5. The predicted octanol–water partition coefficient (Wildman–Crippen LogP) is -2.11. The lowest BCUT2D eigenvalue weighted by molar-refractivity contribution is -0.858. The molecular weight excluding hydrogens is 420 g/mol. The summed E-state index contributed by atoms with van der Waals surface area (Å²) < 4.78 is 6.47. The maximum Gasteiger partial charge on any atom is 0.337 e. The van der Waals surface area contributed by atoms with Gasteiger partial charge in [-0.05, 0) is 0 Å². The monoisotopic (exact) mass is 449 g/mol. The number of likely N-dealkylation sites (tertiary alicyclic amines) is 1. The number of carbonyl (C=O) groups is 5. The summed E-state index contributed by atoms with van der Waals surface area (Å²) in [5, 5.41) is 4.89. The van der Waals surface area contributed by atoms with Crippen molar-refractivity contribution in [2.45, 2.75) is 50.7 Å². The molecule has 2 aliphatic rings. The van der Waals surface area contributed by atoms with Crippen LogP contribution >= 0.6 is 0 Å². The summed E-state index contributed by atoms with van der Waals surface area (Å²) in [7, 11) is 1.79. The number of imide groups is 1. The van der Waals surface area contributed by atoms with Crippen LogP contribution in [0.5, 0.6) is 0 Å². The van der Waals surface area contributed by atoms with E-state index in [4.69, 9.17) is 10.5 Å². The van der Waals surface area contributed by atoms with Crippen molar-refractivity contribution in [1.82, 2.24) is 20.2 Å². The summed E-state index contributed by atoms with van der Waals surface area (Å²) in [6.45, 7) is 1.63. The molecule has 4 atom stereocenters. The standard InChI is InChI=1S/C20H28N6O6/c1-12(27)32-7-6-26(20(31)15-9-17(28)23-15)5-3-4-16(26)19(30)24-18(29)14(21)8-13-10-25(2)11-22-13/h10-11,14-16H,3-9,21H2,1-2H3,(H-,23,24,28,29,30)/p+1/t14-,15-,16-,26?/m0/s1. The lowest BCUT2D eigenvalue weighted by atomic mass is 10.0. The van der Waals surface area contributed by atoms with Crippen molar-refractivity contribution in [2.75, 3.05) is 19.7 Å². The van der Waals surface area contributed by atoms with Gasteiger partial charge in [0.25, 0.3) is 5.91 Å². The minimum atomic E-state index is -0.986. The fraction of sp³-hybridized carbons (Fsp3) is 0.600. The van der Waals surface area contributed by atoms with E-state index in [9.17, 15) is 24.0 Å². The molecule has 0 aromatic carbocycles. The number of hydrogen-bond donors (Lipinski definition) is 3. The molecule has 0 bridgehead atoms. The van der Waals surface area contributed by atoms with Gasteiger partial charge < -0.3 is 20.4 Å².